The molecule has 7 N–H and O–H groups in total. The topological polar surface area (TPSA) is 180 Å². The minimum Gasteiger partial charge on any atom is -0.397 e. The summed E-state index contributed by atoms with van der Waals surface area (Å²) in [5, 5.41) is 3.51. The first-order valence-electron chi connectivity index (χ1n) is 10.6. The van der Waals surface area contributed by atoms with E-state index in [1.807, 2.05) is 5.32 Å². The molecule has 2 aromatic rings. The summed E-state index contributed by atoms with van der Waals surface area (Å²) in [5.41, 5.74) is 7.56. The van der Waals surface area contributed by atoms with Gasteiger partial charge in [-0.25, -0.2) is 9.59 Å². The highest BCUT2D eigenvalue weighted by molar-refractivity contribution is 8.23. The van der Waals surface area contributed by atoms with E-state index in [1.54, 1.807) is 25.1 Å². The Labute approximate surface area is 210 Å². The molecule has 2 atom stereocenters. The molecule has 0 saturated carbocycles. The predicted molar refractivity (Wildman–Crippen MR) is 127 cm³/mol. The standard InChI is InChI=1S/C22H23F3N4O7S/c1-11-8-12(6-7-13(11)17-10-18(30)29-37(17,34)35)9-16(28-21(33)36-20(32)22(23,24)25)19(31)27-15-5-3-2-4-14(15)26/h2-8,16-17,34-35H,9-10,26H2,1H3,(H,27,31)(H,28,33)(H,29,30)/t16-,17?/m0/s1. The summed E-state index contributed by atoms with van der Waals surface area (Å²) in [4.78, 5) is 47.5. The second-order valence-corrected chi connectivity index (χ2v) is 10.1. The van der Waals surface area contributed by atoms with Gasteiger partial charge in [-0.2, -0.15) is 13.2 Å². The molecule has 0 aliphatic carbocycles. The van der Waals surface area contributed by atoms with E-state index < -0.39 is 52.1 Å². The van der Waals surface area contributed by atoms with E-state index in [4.69, 9.17) is 5.73 Å². The predicted octanol–water partition coefficient (Wildman–Crippen LogP) is 3.17. The van der Waals surface area contributed by atoms with Gasteiger partial charge in [-0.15, -0.1) is 10.8 Å². The molecule has 200 valence electrons. The quantitative estimate of drug-likeness (QED) is 0.182. The van der Waals surface area contributed by atoms with Gasteiger partial charge in [-0.3, -0.25) is 23.4 Å². The Morgan fingerprint density at radius 3 is 2.46 bits per heavy atom. The zero-order valence-electron chi connectivity index (χ0n) is 19.2. The van der Waals surface area contributed by atoms with Crippen LogP contribution in [-0.2, 0) is 25.5 Å². The van der Waals surface area contributed by atoms with Crippen LogP contribution in [0.1, 0.15) is 28.4 Å². The zero-order chi connectivity index (χ0) is 27.5. The van der Waals surface area contributed by atoms with E-state index in [0.717, 1.165) is 0 Å². The molecule has 0 spiro atoms. The van der Waals surface area contributed by atoms with Crippen molar-refractivity contribution in [2.24, 2.45) is 0 Å². The van der Waals surface area contributed by atoms with Crippen molar-refractivity contribution < 1.29 is 46.2 Å². The van der Waals surface area contributed by atoms with Gasteiger partial charge in [-0.1, -0.05) is 30.3 Å². The van der Waals surface area contributed by atoms with Gasteiger partial charge in [0.2, 0.25) is 11.8 Å². The molecule has 3 amide bonds. The molecule has 1 heterocycles. The number of nitrogens with two attached hydrogens (primary N) is 1. The number of aryl methyl sites for hydroxylation is 1. The lowest BCUT2D eigenvalue weighted by Crippen LogP contribution is -2.47. The van der Waals surface area contributed by atoms with Gasteiger partial charge < -0.3 is 21.1 Å². The van der Waals surface area contributed by atoms with Gasteiger partial charge in [0.15, 0.2) is 0 Å². The Hall–Kier alpha value is -3.82. The second kappa shape index (κ2) is 10.7. The first kappa shape index (κ1) is 27.8. The normalized spacial score (nSPS) is 18.3. The number of halogens is 3. The van der Waals surface area contributed by atoms with Crippen molar-refractivity contribution >= 4 is 46.0 Å². The third kappa shape index (κ3) is 6.90. The van der Waals surface area contributed by atoms with Gasteiger partial charge >= 0.3 is 18.2 Å². The van der Waals surface area contributed by atoms with Crippen LogP contribution < -0.4 is 21.1 Å². The van der Waals surface area contributed by atoms with Crippen LogP contribution in [0, 0.1) is 6.92 Å². The number of para-hydroxylation sites is 2. The molecule has 0 aromatic heterocycles. The highest BCUT2D eigenvalue weighted by atomic mass is 32.3. The molecule has 1 aliphatic heterocycles. The summed E-state index contributed by atoms with van der Waals surface area (Å²) in [6, 6.07) is 9.18. The number of nitrogen functional groups attached to an aromatic ring is 1. The van der Waals surface area contributed by atoms with E-state index in [0.29, 0.717) is 16.7 Å². The van der Waals surface area contributed by atoms with Crippen LogP contribution in [0.15, 0.2) is 42.5 Å². The molecular formula is C22H23F3N4O7S. The first-order chi connectivity index (χ1) is 17.2. The minimum atomic E-state index is -5.42. The third-order valence-electron chi connectivity index (χ3n) is 5.40. The average molecular weight is 545 g/mol. The number of carbonyl (C=O) groups excluding carboxylic acids is 4. The Morgan fingerprint density at radius 2 is 1.89 bits per heavy atom. The van der Waals surface area contributed by atoms with Crippen molar-refractivity contribution in [3.63, 3.8) is 0 Å². The molecule has 37 heavy (non-hydrogen) atoms. The van der Waals surface area contributed by atoms with Crippen LogP contribution in [0.2, 0.25) is 0 Å². The van der Waals surface area contributed by atoms with Crippen LogP contribution >= 0.6 is 10.8 Å². The summed E-state index contributed by atoms with van der Waals surface area (Å²) in [5.74, 6) is -4.15. The molecular weight excluding hydrogens is 521 g/mol. The smallest absolute Gasteiger partial charge is 0.397 e. The molecule has 1 saturated heterocycles. The van der Waals surface area contributed by atoms with E-state index >= 15 is 0 Å². The second-order valence-electron chi connectivity index (χ2n) is 8.15. The summed E-state index contributed by atoms with van der Waals surface area (Å²) in [6.07, 6.45) is -7.62. The van der Waals surface area contributed by atoms with E-state index in [-0.39, 0.29) is 24.2 Å². The van der Waals surface area contributed by atoms with Crippen LogP contribution in [0.3, 0.4) is 0 Å². The molecule has 3 rings (SSSR count). The molecule has 1 aliphatic rings. The van der Waals surface area contributed by atoms with Gasteiger partial charge in [0.05, 0.1) is 17.8 Å². The van der Waals surface area contributed by atoms with Crippen LogP contribution in [-0.4, -0.2) is 45.2 Å². The molecule has 1 unspecified atom stereocenters. The molecule has 0 bridgehead atoms. The fourth-order valence-corrected chi connectivity index (χ4v) is 5.23. The summed E-state index contributed by atoms with van der Waals surface area (Å²) >= 11 is 0. The Kier molecular flexibility index (Phi) is 8.00. The Bertz CT molecular complexity index is 1240. The van der Waals surface area contributed by atoms with E-state index in [9.17, 15) is 41.5 Å². The summed E-state index contributed by atoms with van der Waals surface area (Å²) in [7, 11) is -3.41. The SMILES string of the molecule is Cc1cc(C[C@H](NC(=O)OC(=O)C(F)(F)F)C(=O)Nc2ccccc2N)ccc1C1CC(=O)NS1(O)O. The van der Waals surface area contributed by atoms with Gasteiger partial charge in [0.25, 0.3) is 0 Å². The lowest BCUT2D eigenvalue weighted by Gasteiger charge is -2.33. The number of ether oxygens (including phenoxy) is 1. The van der Waals surface area contributed by atoms with Crippen molar-refractivity contribution in [3.05, 3.63) is 59.2 Å². The molecule has 0 radical (unpaired) electrons. The number of alkyl halides is 3. The van der Waals surface area contributed by atoms with Crippen molar-refractivity contribution in [1.82, 2.24) is 10.0 Å². The fourth-order valence-electron chi connectivity index (χ4n) is 3.67. The van der Waals surface area contributed by atoms with Gasteiger partial charge in [-0.05, 0) is 35.7 Å². The van der Waals surface area contributed by atoms with Crippen molar-refractivity contribution in [2.45, 2.75) is 37.2 Å². The van der Waals surface area contributed by atoms with Crippen molar-refractivity contribution in [1.29, 1.82) is 0 Å². The number of nitrogens with one attached hydrogen (secondary N) is 3. The number of anilines is 2. The third-order valence-corrected chi connectivity index (χ3v) is 7.14. The van der Waals surface area contributed by atoms with Gasteiger partial charge in [0.1, 0.15) is 11.3 Å². The maximum Gasteiger partial charge on any atom is 0.491 e. The largest absolute Gasteiger partial charge is 0.491 e. The average Bonchev–Trinajstić information content (AvgIpc) is 3.05. The Morgan fingerprint density at radius 1 is 1.22 bits per heavy atom. The number of hydrogen-bond acceptors (Lipinski definition) is 8. The number of alkyl carbamates (subject to hydrolysis) is 1. The van der Waals surface area contributed by atoms with Crippen LogP contribution in [0.4, 0.5) is 29.3 Å². The molecule has 15 heteroatoms. The van der Waals surface area contributed by atoms with Crippen molar-refractivity contribution in [3.8, 4) is 0 Å². The highest BCUT2D eigenvalue weighted by Gasteiger charge is 2.43. The first-order valence-corrected chi connectivity index (χ1v) is 12.2. The zero-order valence-corrected chi connectivity index (χ0v) is 20.0. The summed E-state index contributed by atoms with van der Waals surface area (Å²) < 4.78 is 63.6. The maximum atomic E-state index is 12.9. The lowest BCUT2D eigenvalue weighted by molar-refractivity contribution is -0.192. The number of benzene rings is 2. The van der Waals surface area contributed by atoms with Crippen LogP contribution in [0.5, 0.6) is 0 Å². The number of carbonyl (C=O) groups is 4. The van der Waals surface area contributed by atoms with E-state index in [2.05, 4.69) is 14.8 Å². The van der Waals surface area contributed by atoms with Gasteiger partial charge in [0, 0.05) is 6.42 Å². The highest BCUT2D eigenvalue weighted by Crippen LogP contribution is 2.56. The number of rotatable bonds is 6. The minimum absolute atomic E-state index is 0.146. The number of hydrogen-bond donors (Lipinski definition) is 6. The van der Waals surface area contributed by atoms with Crippen molar-refractivity contribution in [2.75, 3.05) is 11.1 Å². The Balaban J connectivity index is 1.83. The monoisotopic (exact) mass is 544 g/mol. The molecule has 2 aromatic carbocycles. The van der Waals surface area contributed by atoms with Crippen LogP contribution in [0.25, 0.3) is 0 Å². The fraction of sp³-hybridized carbons (Fsp3) is 0.273. The number of amides is 3. The summed E-state index contributed by atoms with van der Waals surface area (Å²) in [6.45, 7) is 1.63. The number of esters is 1. The lowest BCUT2D eigenvalue weighted by atomic mass is 9.97. The molecule has 1 fully saturated rings. The van der Waals surface area contributed by atoms with E-state index in [1.165, 1.54) is 24.3 Å². The molecule has 11 nitrogen and oxygen atoms in total. The maximum absolute atomic E-state index is 12.9.